The summed E-state index contributed by atoms with van der Waals surface area (Å²) >= 11 is 1.39. The number of hydrogen-bond donors (Lipinski definition) is 2. The number of hydrogen-bond acceptors (Lipinski definition) is 5. The molecule has 0 saturated carbocycles. The number of thioether (sulfide) groups is 1. The summed E-state index contributed by atoms with van der Waals surface area (Å²) in [5, 5.41) is 4.50. The summed E-state index contributed by atoms with van der Waals surface area (Å²) in [6, 6.07) is 10.5. The first kappa shape index (κ1) is 22.4. The molecule has 0 unspecified atom stereocenters. The van der Waals surface area contributed by atoms with E-state index >= 15 is 0 Å². The van der Waals surface area contributed by atoms with Crippen molar-refractivity contribution in [3.05, 3.63) is 47.5 Å². The second kappa shape index (κ2) is 8.81. The molecule has 0 aromatic heterocycles. The van der Waals surface area contributed by atoms with E-state index in [0.29, 0.717) is 5.69 Å². The van der Waals surface area contributed by atoms with Crippen molar-refractivity contribution in [2.45, 2.75) is 60.8 Å². The number of amides is 2. The van der Waals surface area contributed by atoms with Crippen LogP contribution in [0.4, 0.5) is 11.4 Å². The molecule has 8 heteroatoms. The SMILES string of the molecule is CCc1cccc(C)c1NC(=O)C[C@H](C)S(=O)(=O)c1ccc2c(c1)NC(=O)[C@H](C)S2. The Hall–Kier alpha value is -2.32. The number of benzene rings is 2. The van der Waals surface area contributed by atoms with E-state index in [4.69, 9.17) is 0 Å². The monoisotopic (exact) mass is 446 g/mol. The second-order valence-corrected chi connectivity index (χ2v) is 11.2. The molecule has 0 aliphatic carbocycles. The van der Waals surface area contributed by atoms with Crippen molar-refractivity contribution in [1.29, 1.82) is 0 Å². The van der Waals surface area contributed by atoms with Crippen LogP contribution in [-0.2, 0) is 25.8 Å². The highest BCUT2D eigenvalue weighted by Crippen LogP contribution is 2.37. The molecule has 1 heterocycles. The molecule has 30 heavy (non-hydrogen) atoms. The van der Waals surface area contributed by atoms with Gasteiger partial charge in [0.05, 0.1) is 21.1 Å². The number of nitrogens with one attached hydrogen (secondary N) is 2. The average molecular weight is 447 g/mol. The first-order chi connectivity index (χ1) is 14.1. The van der Waals surface area contributed by atoms with Gasteiger partial charge >= 0.3 is 0 Å². The number of carbonyl (C=O) groups excluding carboxylic acids is 2. The minimum atomic E-state index is -3.74. The van der Waals surface area contributed by atoms with Crippen molar-refractivity contribution >= 4 is 44.8 Å². The summed E-state index contributed by atoms with van der Waals surface area (Å²) < 4.78 is 26.1. The number of sulfone groups is 1. The van der Waals surface area contributed by atoms with Crippen LogP contribution in [0.3, 0.4) is 0 Å². The molecule has 160 valence electrons. The Balaban J connectivity index is 1.77. The van der Waals surface area contributed by atoms with Crippen LogP contribution in [0.1, 0.15) is 38.3 Å². The van der Waals surface area contributed by atoms with E-state index in [-0.39, 0.29) is 28.4 Å². The fourth-order valence-electron chi connectivity index (χ4n) is 3.36. The maximum atomic E-state index is 13.0. The normalized spacial score (nSPS) is 17.1. The smallest absolute Gasteiger partial charge is 0.237 e. The van der Waals surface area contributed by atoms with E-state index in [9.17, 15) is 18.0 Å². The molecule has 0 radical (unpaired) electrons. The fourth-order valence-corrected chi connectivity index (χ4v) is 5.67. The van der Waals surface area contributed by atoms with E-state index in [1.165, 1.54) is 30.8 Å². The minimum absolute atomic E-state index is 0.0992. The van der Waals surface area contributed by atoms with Crippen LogP contribution >= 0.6 is 11.8 Å². The zero-order chi connectivity index (χ0) is 22.1. The zero-order valence-electron chi connectivity index (χ0n) is 17.5. The van der Waals surface area contributed by atoms with Gasteiger partial charge in [-0.2, -0.15) is 0 Å². The Kier molecular flexibility index (Phi) is 6.57. The molecule has 2 aromatic rings. The summed E-state index contributed by atoms with van der Waals surface area (Å²) in [5.74, 6) is -0.495. The third-order valence-corrected chi connectivity index (χ3v) is 8.53. The Labute approximate surface area is 181 Å². The second-order valence-electron chi connectivity index (χ2n) is 7.48. The summed E-state index contributed by atoms with van der Waals surface area (Å²) in [7, 11) is -3.74. The van der Waals surface area contributed by atoms with Gasteiger partial charge < -0.3 is 10.6 Å². The third kappa shape index (κ3) is 4.54. The summed E-state index contributed by atoms with van der Waals surface area (Å²) in [6.45, 7) is 7.25. The molecule has 1 aliphatic heterocycles. The van der Waals surface area contributed by atoms with E-state index in [1.807, 2.05) is 32.0 Å². The van der Waals surface area contributed by atoms with Crippen molar-refractivity contribution in [3.8, 4) is 0 Å². The number of carbonyl (C=O) groups is 2. The molecule has 1 aliphatic rings. The van der Waals surface area contributed by atoms with Gasteiger partial charge in [-0.25, -0.2) is 8.42 Å². The number of anilines is 2. The summed E-state index contributed by atoms with van der Waals surface area (Å²) in [4.78, 5) is 25.4. The van der Waals surface area contributed by atoms with Gasteiger partial charge in [-0.15, -0.1) is 11.8 Å². The molecular weight excluding hydrogens is 420 g/mol. The molecule has 2 atom stereocenters. The number of aryl methyl sites for hydroxylation is 2. The molecule has 3 rings (SSSR count). The molecular formula is C22H26N2O4S2. The van der Waals surface area contributed by atoms with Crippen molar-refractivity contribution in [2.75, 3.05) is 10.6 Å². The van der Waals surface area contributed by atoms with Crippen LogP contribution in [0.25, 0.3) is 0 Å². The van der Waals surface area contributed by atoms with E-state index in [0.717, 1.165) is 28.1 Å². The van der Waals surface area contributed by atoms with E-state index in [1.54, 1.807) is 13.0 Å². The van der Waals surface area contributed by atoms with Crippen LogP contribution in [0.15, 0.2) is 46.2 Å². The Morgan fingerprint density at radius 3 is 2.70 bits per heavy atom. The number of fused-ring (bicyclic) bond motifs is 1. The predicted molar refractivity (Wildman–Crippen MR) is 121 cm³/mol. The van der Waals surface area contributed by atoms with Crippen LogP contribution in [-0.4, -0.2) is 30.7 Å². The standard InChI is InChI=1S/C22H26N2O4S2/c1-5-16-8-6-7-13(2)21(16)24-20(25)11-14(3)30(27,28)17-9-10-19-18(12-17)23-22(26)15(4)29-19/h6-10,12,14-15H,5,11H2,1-4H3,(H,23,26)(H,24,25)/t14-,15-/m0/s1. The highest BCUT2D eigenvalue weighted by atomic mass is 32.2. The topological polar surface area (TPSA) is 92.3 Å². The first-order valence-electron chi connectivity index (χ1n) is 9.87. The third-order valence-electron chi connectivity index (χ3n) is 5.22. The lowest BCUT2D eigenvalue weighted by atomic mass is 10.1. The predicted octanol–water partition coefficient (Wildman–Crippen LogP) is 4.18. The molecule has 0 spiro atoms. The summed E-state index contributed by atoms with van der Waals surface area (Å²) in [5.41, 5.74) is 3.19. The molecule has 2 N–H and O–H groups in total. The largest absolute Gasteiger partial charge is 0.326 e. The van der Waals surface area contributed by atoms with Crippen molar-refractivity contribution in [3.63, 3.8) is 0 Å². The van der Waals surface area contributed by atoms with Crippen molar-refractivity contribution < 1.29 is 18.0 Å². The molecule has 0 saturated heterocycles. The minimum Gasteiger partial charge on any atom is -0.326 e. The zero-order valence-corrected chi connectivity index (χ0v) is 19.1. The molecule has 6 nitrogen and oxygen atoms in total. The van der Waals surface area contributed by atoms with Crippen LogP contribution in [0, 0.1) is 6.92 Å². The first-order valence-corrected chi connectivity index (χ1v) is 12.3. The van der Waals surface area contributed by atoms with Gasteiger partial charge in [-0.1, -0.05) is 25.1 Å². The fraction of sp³-hybridized carbons (Fsp3) is 0.364. The Bertz CT molecular complexity index is 1100. The number of para-hydroxylation sites is 1. The van der Waals surface area contributed by atoms with Gasteiger partial charge in [0, 0.05) is 17.0 Å². The molecule has 2 aromatic carbocycles. The van der Waals surface area contributed by atoms with E-state index in [2.05, 4.69) is 10.6 Å². The Morgan fingerprint density at radius 2 is 2.00 bits per heavy atom. The lowest BCUT2D eigenvalue weighted by Gasteiger charge is -2.22. The van der Waals surface area contributed by atoms with Gasteiger partial charge in [-0.3, -0.25) is 9.59 Å². The lowest BCUT2D eigenvalue weighted by Crippen LogP contribution is -2.28. The van der Waals surface area contributed by atoms with Crippen molar-refractivity contribution in [1.82, 2.24) is 0 Å². The summed E-state index contributed by atoms with van der Waals surface area (Å²) in [6.07, 6.45) is 0.609. The quantitative estimate of drug-likeness (QED) is 0.694. The highest BCUT2D eigenvalue weighted by molar-refractivity contribution is 8.01. The number of rotatable bonds is 6. The maximum absolute atomic E-state index is 13.0. The molecule has 2 amide bonds. The van der Waals surface area contributed by atoms with E-state index < -0.39 is 15.1 Å². The highest BCUT2D eigenvalue weighted by Gasteiger charge is 2.29. The van der Waals surface area contributed by atoms with Crippen molar-refractivity contribution in [2.24, 2.45) is 0 Å². The van der Waals surface area contributed by atoms with Crippen LogP contribution in [0.5, 0.6) is 0 Å². The average Bonchev–Trinajstić information content (AvgIpc) is 2.69. The van der Waals surface area contributed by atoms with Crippen LogP contribution in [0.2, 0.25) is 0 Å². The van der Waals surface area contributed by atoms with Gasteiger partial charge in [0.15, 0.2) is 9.84 Å². The van der Waals surface area contributed by atoms with Crippen LogP contribution < -0.4 is 10.6 Å². The Morgan fingerprint density at radius 1 is 1.27 bits per heavy atom. The van der Waals surface area contributed by atoms with Gasteiger partial charge in [0.1, 0.15) is 0 Å². The lowest BCUT2D eigenvalue weighted by molar-refractivity contribution is -0.116. The molecule has 0 fully saturated rings. The van der Waals surface area contributed by atoms with Gasteiger partial charge in [0.25, 0.3) is 0 Å². The maximum Gasteiger partial charge on any atom is 0.237 e. The van der Waals surface area contributed by atoms with Gasteiger partial charge in [0.2, 0.25) is 11.8 Å². The van der Waals surface area contributed by atoms with Gasteiger partial charge in [-0.05, 0) is 56.5 Å². The molecule has 0 bridgehead atoms.